The van der Waals surface area contributed by atoms with Crippen LogP contribution < -0.4 is 10.1 Å². The molecule has 2 aromatic rings. The molecular weight excluding hydrogens is 348 g/mol. The van der Waals surface area contributed by atoms with E-state index in [-0.39, 0.29) is 24.1 Å². The Morgan fingerprint density at radius 3 is 2.42 bits per heavy atom. The lowest BCUT2D eigenvalue weighted by molar-refractivity contribution is -0.131. The second-order valence-electron chi connectivity index (χ2n) is 6.03. The Hall–Kier alpha value is -2.47. The number of methoxy groups -OCH3 is 1. The van der Waals surface area contributed by atoms with Gasteiger partial charge in [0.1, 0.15) is 5.75 Å². The molecule has 0 aliphatic heterocycles. The molecule has 1 N–H and O–H groups in total. The number of benzene rings is 2. The quantitative estimate of drug-likeness (QED) is 0.756. The fourth-order valence-electron chi connectivity index (χ4n) is 2.44. The lowest BCUT2D eigenvalue weighted by Crippen LogP contribution is -2.36. The van der Waals surface area contributed by atoms with Gasteiger partial charge in [-0.05, 0) is 43.2 Å². The average molecular weight is 372 g/mol. The predicted molar refractivity (Wildman–Crippen MR) is 106 cm³/mol. The van der Waals surface area contributed by atoms with Crippen molar-refractivity contribution in [1.29, 1.82) is 0 Å². The molecule has 0 aromatic heterocycles. The van der Waals surface area contributed by atoms with Crippen molar-refractivity contribution < 1.29 is 14.3 Å². The van der Waals surface area contributed by atoms with Gasteiger partial charge in [-0.15, -0.1) is 11.8 Å². The highest BCUT2D eigenvalue weighted by atomic mass is 32.2. The van der Waals surface area contributed by atoms with Gasteiger partial charge in [0, 0.05) is 17.6 Å². The van der Waals surface area contributed by atoms with Crippen LogP contribution in [0.2, 0.25) is 0 Å². The van der Waals surface area contributed by atoms with Gasteiger partial charge in [-0.1, -0.05) is 24.3 Å². The van der Waals surface area contributed by atoms with Crippen molar-refractivity contribution in [3.8, 4) is 5.75 Å². The van der Waals surface area contributed by atoms with E-state index in [1.165, 1.54) is 16.7 Å². The number of nitrogens with one attached hydrogen (secondary N) is 1. The fraction of sp³-hybridized carbons (Fsp3) is 0.300. The molecule has 6 heteroatoms. The Kier molecular flexibility index (Phi) is 7.09. The number of hydrogen-bond donors (Lipinski definition) is 1. The molecule has 2 amide bonds. The molecular formula is C20H24N2O3S. The lowest BCUT2D eigenvalue weighted by Gasteiger charge is -2.18. The van der Waals surface area contributed by atoms with Crippen LogP contribution in [0.3, 0.4) is 0 Å². The Morgan fingerprint density at radius 2 is 1.77 bits per heavy atom. The van der Waals surface area contributed by atoms with Gasteiger partial charge in [-0.3, -0.25) is 9.59 Å². The average Bonchev–Trinajstić information content (AvgIpc) is 2.63. The zero-order valence-corrected chi connectivity index (χ0v) is 16.4. The van der Waals surface area contributed by atoms with E-state index < -0.39 is 0 Å². The van der Waals surface area contributed by atoms with Gasteiger partial charge in [-0.2, -0.15) is 0 Å². The summed E-state index contributed by atoms with van der Waals surface area (Å²) < 4.78 is 5.18. The Bertz CT molecular complexity index is 772. The van der Waals surface area contributed by atoms with Gasteiger partial charge in [0.2, 0.25) is 11.8 Å². The Labute approximate surface area is 158 Å². The molecule has 2 rings (SSSR count). The summed E-state index contributed by atoms with van der Waals surface area (Å²) in [4.78, 5) is 26.9. The van der Waals surface area contributed by atoms with Crippen LogP contribution in [-0.2, 0) is 9.59 Å². The summed E-state index contributed by atoms with van der Waals surface area (Å²) in [5.74, 6) is 0.711. The first-order valence-electron chi connectivity index (χ1n) is 8.27. The first-order valence-corrected chi connectivity index (χ1v) is 9.26. The number of hydrogen-bond acceptors (Lipinski definition) is 4. The van der Waals surface area contributed by atoms with E-state index in [1.54, 1.807) is 14.2 Å². The molecule has 0 aliphatic carbocycles. The molecule has 5 nitrogen and oxygen atoms in total. The zero-order valence-electron chi connectivity index (χ0n) is 15.5. The Balaban J connectivity index is 1.87. The summed E-state index contributed by atoms with van der Waals surface area (Å²) in [6, 6.07) is 13.4. The van der Waals surface area contributed by atoms with Crippen molar-refractivity contribution in [2.75, 3.05) is 31.8 Å². The van der Waals surface area contributed by atoms with Crippen molar-refractivity contribution in [1.82, 2.24) is 4.90 Å². The predicted octanol–water partition coefficient (Wildman–Crippen LogP) is 3.50. The maximum absolute atomic E-state index is 12.3. The van der Waals surface area contributed by atoms with Crippen LogP contribution in [0.4, 0.5) is 5.69 Å². The van der Waals surface area contributed by atoms with Gasteiger partial charge in [-0.25, -0.2) is 0 Å². The van der Waals surface area contributed by atoms with E-state index in [0.29, 0.717) is 0 Å². The largest absolute Gasteiger partial charge is 0.497 e. The molecule has 0 saturated carbocycles. The molecule has 0 fully saturated rings. The maximum Gasteiger partial charge on any atom is 0.243 e. The molecule has 0 spiro atoms. The number of nitrogens with zero attached hydrogens (tertiary/aromatic N) is 1. The van der Waals surface area contributed by atoms with Crippen molar-refractivity contribution >= 4 is 29.3 Å². The minimum Gasteiger partial charge on any atom is -0.497 e. The number of amides is 2. The van der Waals surface area contributed by atoms with E-state index >= 15 is 0 Å². The van der Waals surface area contributed by atoms with E-state index in [9.17, 15) is 9.59 Å². The van der Waals surface area contributed by atoms with Gasteiger partial charge >= 0.3 is 0 Å². The van der Waals surface area contributed by atoms with Gasteiger partial charge < -0.3 is 15.0 Å². The smallest absolute Gasteiger partial charge is 0.243 e. The minimum absolute atomic E-state index is 0.0191. The van der Waals surface area contributed by atoms with Crippen LogP contribution in [0.1, 0.15) is 11.1 Å². The summed E-state index contributed by atoms with van der Waals surface area (Å²) in [7, 11) is 3.25. The van der Waals surface area contributed by atoms with Gasteiger partial charge in [0.25, 0.3) is 0 Å². The van der Waals surface area contributed by atoms with Crippen molar-refractivity contribution in [2.24, 2.45) is 0 Å². The molecule has 0 bridgehead atoms. The highest BCUT2D eigenvalue weighted by molar-refractivity contribution is 8.00. The van der Waals surface area contributed by atoms with Crippen molar-refractivity contribution in [3.05, 3.63) is 53.6 Å². The van der Waals surface area contributed by atoms with Crippen LogP contribution in [0.25, 0.3) is 0 Å². The number of aryl methyl sites for hydroxylation is 2. The van der Waals surface area contributed by atoms with Crippen molar-refractivity contribution in [2.45, 2.75) is 18.7 Å². The monoisotopic (exact) mass is 372 g/mol. The third-order valence-corrected chi connectivity index (χ3v) is 4.93. The van der Waals surface area contributed by atoms with Crippen LogP contribution in [0.5, 0.6) is 5.75 Å². The van der Waals surface area contributed by atoms with Crippen LogP contribution in [0.15, 0.2) is 47.4 Å². The summed E-state index contributed by atoms with van der Waals surface area (Å²) in [5.41, 5.74) is 2.81. The third-order valence-electron chi connectivity index (χ3n) is 3.96. The fourth-order valence-corrected chi connectivity index (χ4v) is 3.33. The van der Waals surface area contributed by atoms with Crippen molar-refractivity contribution in [3.63, 3.8) is 0 Å². The van der Waals surface area contributed by atoms with Gasteiger partial charge in [0.15, 0.2) is 0 Å². The maximum atomic E-state index is 12.3. The lowest BCUT2D eigenvalue weighted by atomic mass is 10.1. The normalized spacial score (nSPS) is 10.3. The molecule has 0 aliphatic rings. The summed E-state index contributed by atoms with van der Waals surface area (Å²) in [6.07, 6.45) is 0. The Morgan fingerprint density at radius 1 is 1.12 bits per heavy atom. The molecule has 0 atom stereocenters. The number of carbonyl (C=O) groups excluding carboxylic acids is 2. The number of para-hydroxylation sites is 1. The molecule has 0 saturated heterocycles. The van der Waals surface area contributed by atoms with Crippen LogP contribution in [-0.4, -0.2) is 43.2 Å². The highest BCUT2D eigenvalue weighted by Gasteiger charge is 2.15. The first kappa shape index (κ1) is 19.8. The second kappa shape index (κ2) is 9.29. The first-order chi connectivity index (χ1) is 12.4. The molecule has 2 aromatic carbocycles. The van der Waals surface area contributed by atoms with Crippen LogP contribution >= 0.6 is 11.8 Å². The number of rotatable bonds is 7. The molecule has 26 heavy (non-hydrogen) atoms. The second-order valence-corrected chi connectivity index (χ2v) is 7.08. The summed E-state index contributed by atoms with van der Waals surface area (Å²) >= 11 is 1.42. The van der Waals surface area contributed by atoms with Crippen LogP contribution in [0, 0.1) is 13.8 Å². The van der Waals surface area contributed by atoms with E-state index in [2.05, 4.69) is 5.32 Å². The van der Waals surface area contributed by atoms with E-state index in [1.807, 2.05) is 56.3 Å². The number of likely N-dealkylation sites (N-methyl/N-ethyl adjacent to an activating group) is 1. The van der Waals surface area contributed by atoms with E-state index in [4.69, 9.17) is 4.74 Å². The van der Waals surface area contributed by atoms with Gasteiger partial charge in [0.05, 0.1) is 19.4 Å². The topological polar surface area (TPSA) is 58.6 Å². The number of thioether (sulfide) groups is 1. The number of ether oxygens (including phenoxy) is 1. The SMILES string of the molecule is COc1cccc(SCC(=O)N(C)CC(=O)Nc2c(C)cccc2C)c1. The standard InChI is InChI=1S/C20H24N2O3S/c1-14-7-5-8-15(2)20(14)21-18(23)12-22(3)19(24)13-26-17-10-6-9-16(11-17)25-4/h5-11H,12-13H2,1-4H3,(H,21,23). The highest BCUT2D eigenvalue weighted by Crippen LogP contribution is 2.23. The zero-order chi connectivity index (χ0) is 19.1. The summed E-state index contributed by atoms with van der Waals surface area (Å²) in [5, 5.41) is 2.90. The molecule has 138 valence electrons. The molecule has 0 heterocycles. The third kappa shape index (κ3) is 5.52. The molecule has 0 unspecified atom stereocenters. The number of anilines is 1. The molecule has 0 radical (unpaired) electrons. The number of carbonyl (C=O) groups is 2. The van der Waals surface area contributed by atoms with E-state index in [0.717, 1.165) is 27.5 Å². The minimum atomic E-state index is -0.204. The summed E-state index contributed by atoms with van der Waals surface area (Å²) in [6.45, 7) is 3.91.